The van der Waals surface area contributed by atoms with Crippen LogP contribution in [0.15, 0.2) is 30.5 Å². The molecule has 17 heavy (non-hydrogen) atoms. The van der Waals surface area contributed by atoms with Crippen molar-refractivity contribution in [2.75, 3.05) is 0 Å². The first-order valence-electron chi connectivity index (χ1n) is 5.73. The highest BCUT2D eigenvalue weighted by Gasteiger charge is 2.07. The monoisotopic (exact) mass is 228 g/mol. The van der Waals surface area contributed by atoms with Crippen molar-refractivity contribution in [1.82, 2.24) is 9.78 Å². The lowest BCUT2D eigenvalue weighted by Crippen LogP contribution is -1.99. The second kappa shape index (κ2) is 4.53. The lowest BCUT2D eigenvalue weighted by atomic mass is 10.0. The second-order valence-corrected chi connectivity index (χ2v) is 4.46. The van der Waals surface area contributed by atoms with E-state index in [4.69, 9.17) is 0 Å². The highest BCUT2D eigenvalue weighted by atomic mass is 16.1. The summed E-state index contributed by atoms with van der Waals surface area (Å²) in [6.45, 7) is 6.23. The molecule has 0 aliphatic rings. The molecule has 0 radical (unpaired) electrons. The molecule has 0 bridgehead atoms. The van der Waals surface area contributed by atoms with Crippen LogP contribution in [-0.4, -0.2) is 16.1 Å². The quantitative estimate of drug-likeness (QED) is 0.756. The SMILES string of the molecule is Cc1c(C=O)cnn1-c1ccc(C(C)C)cc1. The molecule has 0 aliphatic carbocycles. The van der Waals surface area contributed by atoms with Crippen LogP contribution in [0.3, 0.4) is 0 Å². The molecule has 2 rings (SSSR count). The summed E-state index contributed by atoms with van der Waals surface area (Å²) in [6.07, 6.45) is 2.43. The van der Waals surface area contributed by atoms with Crippen molar-refractivity contribution in [2.24, 2.45) is 0 Å². The van der Waals surface area contributed by atoms with E-state index < -0.39 is 0 Å². The van der Waals surface area contributed by atoms with Gasteiger partial charge in [0.05, 0.1) is 23.1 Å². The largest absolute Gasteiger partial charge is 0.298 e. The molecule has 0 spiro atoms. The van der Waals surface area contributed by atoms with Gasteiger partial charge in [0.2, 0.25) is 0 Å². The molecule has 0 amide bonds. The smallest absolute Gasteiger partial charge is 0.153 e. The molecule has 0 atom stereocenters. The van der Waals surface area contributed by atoms with Crippen LogP contribution in [-0.2, 0) is 0 Å². The number of rotatable bonds is 3. The van der Waals surface area contributed by atoms with Gasteiger partial charge in [-0.25, -0.2) is 4.68 Å². The first-order valence-corrected chi connectivity index (χ1v) is 5.73. The number of nitrogens with zero attached hydrogens (tertiary/aromatic N) is 2. The van der Waals surface area contributed by atoms with E-state index >= 15 is 0 Å². The van der Waals surface area contributed by atoms with Crippen LogP contribution >= 0.6 is 0 Å². The zero-order valence-corrected chi connectivity index (χ0v) is 10.3. The summed E-state index contributed by atoms with van der Waals surface area (Å²) < 4.78 is 1.79. The summed E-state index contributed by atoms with van der Waals surface area (Å²) in [5.41, 5.74) is 3.80. The number of hydrogen-bond donors (Lipinski definition) is 0. The average Bonchev–Trinajstić information content (AvgIpc) is 2.70. The Morgan fingerprint density at radius 1 is 1.24 bits per heavy atom. The minimum absolute atomic E-state index is 0.522. The van der Waals surface area contributed by atoms with Gasteiger partial charge in [0.25, 0.3) is 0 Å². The van der Waals surface area contributed by atoms with E-state index in [2.05, 4.69) is 31.1 Å². The van der Waals surface area contributed by atoms with Gasteiger partial charge in [-0.15, -0.1) is 0 Å². The molecule has 2 aromatic rings. The Hall–Kier alpha value is -1.90. The number of carbonyl (C=O) groups is 1. The van der Waals surface area contributed by atoms with Crippen molar-refractivity contribution in [3.63, 3.8) is 0 Å². The Kier molecular flexibility index (Phi) is 3.09. The molecule has 1 aromatic carbocycles. The van der Waals surface area contributed by atoms with Crippen LogP contribution in [0.1, 0.15) is 41.4 Å². The third kappa shape index (κ3) is 2.13. The molecule has 3 nitrogen and oxygen atoms in total. The van der Waals surface area contributed by atoms with Crippen LogP contribution in [0.25, 0.3) is 5.69 Å². The number of aromatic nitrogens is 2. The van der Waals surface area contributed by atoms with Crippen molar-refractivity contribution < 1.29 is 4.79 Å². The van der Waals surface area contributed by atoms with Crippen molar-refractivity contribution in [1.29, 1.82) is 0 Å². The van der Waals surface area contributed by atoms with Gasteiger partial charge >= 0.3 is 0 Å². The van der Waals surface area contributed by atoms with Gasteiger partial charge < -0.3 is 0 Å². The Bertz CT molecular complexity index is 524. The van der Waals surface area contributed by atoms with E-state index in [1.165, 1.54) is 5.56 Å². The van der Waals surface area contributed by atoms with E-state index in [-0.39, 0.29) is 0 Å². The van der Waals surface area contributed by atoms with Gasteiger partial charge in [-0.1, -0.05) is 26.0 Å². The lowest BCUT2D eigenvalue weighted by Gasteiger charge is -2.08. The van der Waals surface area contributed by atoms with Crippen LogP contribution < -0.4 is 0 Å². The predicted octanol–water partition coefficient (Wildman–Crippen LogP) is 3.12. The number of benzene rings is 1. The molecule has 0 unspecified atom stereocenters. The second-order valence-electron chi connectivity index (χ2n) is 4.46. The molecule has 0 N–H and O–H groups in total. The van der Waals surface area contributed by atoms with E-state index in [1.54, 1.807) is 10.9 Å². The average molecular weight is 228 g/mol. The van der Waals surface area contributed by atoms with Crippen LogP contribution in [0.5, 0.6) is 0 Å². The molecular weight excluding hydrogens is 212 g/mol. The molecular formula is C14H16N2O. The highest BCUT2D eigenvalue weighted by molar-refractivity contribution is 5.76. The van der Waals surface area contributed by atoms with Gasteiger partial charge in [-0.05, 0) is 30.5 Å². The van der Waals surface area contributed by atoms with E-state index in [1.807, 2.05) is 19.1 Å². The maximum Gasteiger partial charge on any atom is 0.153 e. The maximum atomic E-state index is 10.8. The molecule has 0 saturated heterocycles. The predicted molar refractivity (Wildman–Crippen MR) is 67.8 cm³/mol. The Morgan fingerprint density at radius 2 is 1.88 bits per heavy atom. The highest BCUT2D eigenvalue weighted by Crippen LogP contribution is 2.18. The Balaban J connectivity index is 2.39. The van der Waals surface area contributed by atoms with Crippen molar-refractivity contribution >= 4 is 6.29 Å². The van der Waals surface area contributed by atoms with E-state index in [0.717, 1.165) is 17.7 Å². The summed E-state index contributed by atoms with van der Waals surface area (Å²) >= 11 is 0. The third-order valence-electron chi connectivity index (χ3n) is 2.98. The lowest BCUT2D eigenvalue weighted by molar-refractivity contribution is 0.112. The zero-order chi connectivity index (χ0) is 12.4. The number of carbonyl (C=O) groups excluding carboxylic acids is 1. The molecule has 1 aromatic heterocycles. The summed E-state index contributed by atoms with van der Waals surface area (Å²) in [4.78, 5) is 10.8. The zero-order valence-electron chi connectivity index (χ0n) is 10.3. The first kappa shape index (κ1) is 11.6. The van der Waals surface area contributed by atoms with Crippen LogP contribution in [0.4, 0.5) is 0 Å². The topological polar surface area (TPSA) is 34.9 Å². The first-order chi connectivity index (χ1) is 8.13. The third-order valence-corrected chi connectivity index (χ3v) is 2.98. The molecule has 1 heterocycles. The fourth-order valence-corrected chi connectivity index (χ4v) is 1.80. The van der Waals surface area contributed by atoms with Crippen LogP contribution in [0.2, 0.25) is 0 Å². The summed E-state index contributed by atoms with van der Waals surface area (Å²) in [6, 6.07) is 8.26. The van der Waals surface area contributed by atoms with Gasteiger partial charge in [-0.3, -0.25) is 4.79 Å². The van der Waals surface area contributed by atoms with Gasteiger partial charge in [-0.2, -0.15) is 5.10 Å². The van der Waals surface area contributed by atoms with Crippen LogP contribution in [0, 0.1) is 6.92 Å². The Labute approximate surface area is 101 Å². The minimum Gasteiger partial charge on any atom is -0.298 e. The fraction of sp³-hybridized carbons (Fsp3) is 0.286. The fourth-order valence-electron chi connectivity index (χ4n) is 1.80. The van der Waals surface area contributed by atoms with E-state index in [0.29, 0.717) is 11.5 Å². The van der Waals surface area contributed by atoms with Crippen molar-refractivity contribution in [2.45, 2.75) is 26.7 Å². The summed E-state index contributed by atoms with van der Waals surface area (Å²) in [7, 11) is 0. The minimum atomic E-state index is 0.522. The molecule has 0 aliphatic heterocycles. The molecule has 0 fully saturated rings. The van der Waals surface area contributed by atoms with Gasteiger partial charge in [0, 0.05) is 0 Å². The van der Waals surface area contributed by atoms with Gasteiger partial charge in [0.1, 0.15) is 0 Å². The van der Waals surface area contributed by atoms with E-state index in [9.17, 15) is 4.79 Å². The normalized spacial score (nSPS) is 10.8. The van der Waals surface area contributed by atoms with Gasteiger partial charge in [0.15, 0.2) is 6.29 Å². The number of hydrogen-bond acceptors (Lipinski definition) is 2. The molecule has 0 saturated carbocycles. The molecule has 3 heteroatoms. The van der Waals surface area contributed by atoms with Crippen molar-refractivity contribution in [3.05, 3.63) is 47.3 Å². The maximum absolute atomic E-state index is 10.8. The molecule has 88 valence electrons. The standard InChI is InChI=1S/C14H16N2O/c1-10(2)12-4-6-14(7-5-12)16-11(3)13(9-17)8-15-16/h4-10H,1-3H3. The Morgan fingerprint density at radius 3 is 2.35 bits per heavy atom. The summed E-state index contributed by atoms with van der Waals surface area (Å²) in [5.74, 6) is 0.522. The van der Waals surface area contributed by atoms with Crippen molar-refractivity contribution in [3.8, 4) is 5.69 Å². The number of aldehydes is 1. The summed E-state index contributed by atoms with van der Waals surface area (Å²) in [5, 5.41) is 4.22.